The van der Waals surface area contributed by atoms with Crippen LogP contribution in [0.3, 0.4) is 0 Å². The highest BCUT2D eigenvalue weighted by atomic mass is 19.1. The molecule has 0 aliphatic rings. The van der Waals surface area contributed by atoms with Gasteiger partial charge in [-0.2, -0.15) is 5.11 Å². The van der Waals surface area contributed by atoms with Gasteiger partial charge >= 0.3 is 5.69 Å². The number of benzene rings is 3. The van der Waals surface area contributed by atoms with Crippen molar-refractivity contribution in [3.63, 3.8) is 0 Å². The molecule has 3 aromatic carbocycles. The molecule has 3 aromatic rings. The molecule has 0 heterocycles. The summed E-state index contributed by atoms with van der Waals surface area (Å²) in [7, 11) is 0. The van der Waals surface area contributed by atoms with Crippen LogP contribution in [0, 0.1) is 31.9 Å². The lowest BCUT2D eigenvalue weighted by molar-refractivity contribution is -0.393. The SMILES string of the molecule is O=[N+]([O-])c1ccc(N=NC(c2ccc(F)cc2)c2ccc(F)cc2)c([N+](=O)[O-])c1. The van der Waals surface area contributed by atoms with Crippen molar-refractivity contribution in [1.29, 1.82) is 0 Å². The van der Waals surface area contributed by atoms with Gasteiger partial charge < -0.3 is 0 Å². The van der Waals surface area contributed by atoms with E-state index < -0.39 is 38.9 Å². The molecular weight excluding hydrogens is 386 g/mol. The molecule has 0 aromatic heterocycles. The predicted octanol–water partition coefficient (Wildman–Crippen LogP) is 5.65. The Morgan fingerprint density at radius 3 is 1.72 bits per heavy atom. The number of rotatable bonds is 6. The number of non-ortho nitro benzene ring substituents is 1. The number of hydrogen-bond donors (Lipinski definition) is 0. The molecular formula is C19H12F2N4O4. The van der Waals surface area contributed by atoms with Gasteiger partial charge in [0, 0.05) is 6.07 Å². The molecule has 0 radical (unpaired) electrons. The zero-order chi connectivity index (χ0) is 21.0. The van der Waals surface area contributed by atoms with Crippen LogP contribution in [-0.4, -0.2) is 9.85 Å². The molecule has 0 N–H and O–H groups in total. The Hall–Kier alpha value is -4.08. The van der Waals surface area contributed by atoms with E-state index in [4.69, 9.17) is 0 Å². The van der Waals surface area contributed by atoms with E-state index in [1.165, 1.54) is 48.5 Å². The monoisotopic (exact) mass is 398 g/mol. The third kappa shape index (κ3) is 4.61. The van der Waals surface area contributed by atoms with Gasteiger partial charge in [-0.3, -0.25) is 20.2 Å². The Kier molecular flexibility index (Phi) is 5.63. The van der Waals surface area contributed by atoms with E-state index in [2.05, 4.69) is 10.2 Å². The first-order chi connectivity index (χ1) is 13.8. The lowest BCUT2D eigenvalue weighted by Crippen LogP contribution is -1.98. The Balaban J connectivity index is 2.05. The molecule has 0 fully saturated rings. The van der Waals surface area contributed by atoms with Gasteiger partial charge in [-0.1, -0.05) is 24.3 Å². The van der Waals surface area contributed by atoms with Gasteiger partial charge in [0.05, 0.1) is 15.9 Å². The summed E-state index contributed by atoms with van der Waals surface area (Å²) < 4.78 is 26.5. The van der Waals surface area contributed by atoms with Crippen LogP contribution >= 0.6 is 0 Å². The van der Waals surface area contributed by atoms with Gasteiger partial charge in [0.2, 0.25) is 0 Å². The maximum atomic E-state index is 13.3. The second kappa shape index (κ2) is 8.30. The molecule has 0 atom stereocenters. The van der Waals surface area contributed by atoms with Crippen LogP contribution in [0.15, 0.2) is 77.0 Å². The van der Waals surface area contributed by atoms with Gasteiger partial charge in [-0.05, 0) is 41.5 Å². The number of nitrogens with zero attached hydrogens (tertiary/aromatic N) is 4. The summed E-state index contributed by atoms with van der Waals surface area (Å²) in [5, 5.41) is 30.1. The Bertz CT molecular complexity index is 1040. The van der Waals surface area contributed by atoms with Crippen molar-refractivity contribution in [3.8, 4) is 0 Å². The van der Waals surface area contributed by atoms with E-state index in [-0.39, 0.29) is 5.69 Å². The van der Waals surface area contributed by atoms with E-state index in [0.717, 1.165) is 18.2 Å². The highest BCUT2D eigenvalue weighted by Gasteiger charge is 2.20. The first-order valence-electron chi connectivity index (χ1n) is 8.20. The van der Waals surface area contributed by atoms with Crippen molar-refractivity contribution in [2.75, 3.05) is 0 Å². The van der Waals surface area contributed by atoms with Gasteiger partial charge in [0.1, 0.15) is 17.7 Å². The molecule has 3 rings (SSSR count). The minimum atomic E-state index is -0.800. The highest BCUT2D eigenvalue weighted by molar-refractivity contribution is 5.61. The molecule has 146 valence electrons. The van der Waals surface area contributed by atoms with E-state index >= 15 is 0 Å². The molecule has 0 aliphatic carbocycles. The predicted molar refractivity (Wildman–Crippen MR) is 98.9 cm³/mol. The summed E-state index contributed by atoms with van der Waals surface area (Å²) in [4.78, 5) is 20.5. The van der Waals surface area contributed by atoms with Gasteiger partial charge in [-0.25, -0.2) is 8.78 Å². The Morgan fingerprint density at radius 1 is 0.759 bits per heavy atom. The molecule has 0 amide bonds. The standard InChI is InChI=1S/C19H12F2N4O4/c20-14-5-1-12(2-6-14)19(13-3-7-15(21)8-4-13)23-22-17-10-9-16(24(26)27)11-18(17)25(28)29/h1-11,19H. The summed E-state index contributed by atoms with van der Waals surface area (Å²) in [6.07, 6.45) is 0. The summed E-state index contributed by atoms with van der Waals surface area (Å²) in [6, 6.07) is 12.9. The van der Waals surface area contributed by atoms with Crippen molar-refractivity contribution in [3.05, 3.63) is 110 Å². The van der Waals surface area contributed by atoms with Crippen LogP contribution in [-0.2, 0) is 0 Å². The molecule has 0 saturated heterocycles. The lowest BCUT2D eigenvalue weighted by atomic mass is 9.99. The van der Waals surface area contributed by atoms with Crippen molar-refractivity contribution >= 4 is 17.1 Å². The maximum absolute atomic E-state index is 13.3. The molecule has 29 heavy (non-hydrogen) atoms. The minimum absolute atomic E-state index is 0.185. The number of nitro benzene ring substituents is 2. The second-order valence-corrected chi connectivity index (χ2v) is 5.91. The fraction of sp³-hybridized carbons (Fsp3) is 0.0526. The molecule has 8 nitrogen and oxygen atoms in total. The topological polar surface area (TPSA) is 111 Å². The summed E-state index contributed by atoms with van der Waals surface area (Å²) in [5.41, 5.74) is -0.184. The quantitative estimate of drug-likeness (QED) is 0.303. The number of nitro groups is 2. The first-order valence-corrected chi connectivity index (χ1v) is 8.20. The van der Waals surface area contributed by atoms with Crippen LogP contribution in [0.4, 0.5) is 25.8 Å². The molecule has 0 unspecified atom stereocenters. The summed E-state index contributed by atoms with van der Waals surface area (Å²) in [6.45, 7) is 0. The fourth-order valence-electron chi connectivity index (χ4n) is 2.59. The van der Waals surface area contributed by atoms with Crippen LogP contribution in [0.25, 0.3) is 0 Å². The zero-order valence-corrected chi connectivity index (χ0v) is 14.6. The van der Waals surface area contributed by atoms with Gasteiger partial charge in [0.15, 0.2) is 5.69 Å². The molecule has 0 bridgehead atoms. The van der Waals surface area contributed by atoms with E-state index in [0.29, 0.717) is 11.1 Å². The maximum Gasteiger partial charge on any atom is 0.303 e. The Labute approximate surface area is 162 Å². The van der Waals surface area contributed by atoms with E-state index in [1.54, 1.807) is 0 Å². The van der Waals surface area contributed by atoms with Crippen molar-refractivity contribution < 1.29 is 18.6 Å². The minimum Gasteiger partial charge on any atom is -0.258 e. The molecule has 0 saturated carbocycles. The van der Waals surface area contributed by atoms with Crippen LogP contribution in [0.1, 0.15) is 17.2 Å². The average molecular weight is 398 g/mol. The number of halogens is 2. The van der Waals surface area contributed by atoms with Crippen LogP contribution in [0.2, 0.25) is 0 Å². The largest absolute Gasteiger partial charge is 0.303 e. The third-order valence-electron chi connectivity index (χ3n) is 4.02. The highest BCUT2D eigenvalue weighted by Crippen LogP contribution is 2.34. The van der Waals surface area contributed by atoms with E-state index in [1.807, 2.05) is 0 Å². The number of azo groups is 1. The van der Waals surface area contributed by atoms with Crippen molar-refractivity contribution in [2.24, 2.45) is 10.2 Å². The summed E-state index contributed by atoms with van der Waals surface area (Å²) >= 11 is 0. The first kappa shape index (κ1) is 19.7. The second-order valence-electron chi connectivity index (χ2n) is 5.91. The third-order valence-corrected chi connectivity index (χ3v) is 4.02. The van der Waals surface area contributed by atoms with Crippen LogP contribution in [0.5, 0.6) is 0 Å². The number of hydrogen-bond acceptors (Lipinski definition) is 6. The van der Waals surface area contributed by atoms with Crippen molar-refractivity contribution in [2.45, 2.75) is 6.04 Å². The smallest absolute Gasteiger partial charge is 0.258 e. The van der Waals surface area contributed by atoms with Gasteiger partial charge in [-0.15, -0.1) is 5.11 Å². The lowest BCUT2D eigenvalue weighted by Gasteiger charge is -2.12. The van der Waals surface area contributed by atoms with E-state index in [9.17, 15) is 29.0 Å². The summed E-state index contributed by atoms with van der Waals surface area (Å²) in [5.74, 6) is -0.927. The average Bonchev–Trinajstić information content (AvgIpc) is 2.70. The zero-order valence-electron chi connectivity index (χ0n) is 14.6. The van der Waals surface area contributed by atoms with Crippen molar-refractivity contribution in [1.82, 2.24) is 0 Å². The van der Waals surface area contributed by atoms with Gasteiger partial charge in [0.25, 0.3) is 5.69 Å². The molecule has 10 heteroatoms. The van der Waals surface area contributed by atoms with Crippen LogP contribution < -0.4 is 0 Å². The Morgan fingerprint density at radius 2 is 1.28 bits per heavy atom. The normalized spacial score (nSPS) is 11.1. The molecule has 0 spiro atoms. The molecule has 0 aliphatic heterocycles. The fourth-order valence-corrected chi connectivity index (χ4v) is 2.59.